The molecule has 1 spiro atoms. The van der Waals surface area contributed by atoms with E-state index in [-0.39, 0.29) is 34.4 Å². The molecule has 1 saturated carbocycles. The van der Waals surface area contributed by atoms with Gasteiger partial charge in [-0.05, 0) is 66.8 Å². The van der Waals surface area contributed by atoms with Gasteiger partial charge in [0.15, 0.2) is 0 Å². The lowest BCUT2D eigenvalue weighted by atomic mass is 9.53. The van der Waals surface area contributed by atoms with Crippen LogP contribution < -0.4 is 10.1 Å². The van der Waals surface area contributed by atoms with Gasteiger partial charge in [0.2, 0.25) is 5.91 Å². The molecule has 184 valence electrons. The summed E-state index contributed by atoms with van der Waals surface area (Å²) in [7, 11) is 0. The minimum atomic E-state index is -0.142. The third-order valence-corrected chi connectivity index (χ3v) is 9.75. The van der Waals surface area contributed by atoms with Gasteiger partial charge in [0.25, 0.3) is 0 Å². The molecule has 5 heterocycles. The summed E-state index contributed by atoms with van der Waals surface area (Å²) in [5.74, 6) is 1.01. The summed E-state index contributed by atoms with van der Waals surface area (Å²) in [6, 6.07) is 13.5. The van der Waals surface area contributed by atoms with Crippen molar-refractivity contribution in [1.82, 2.24) is 4.90 Å². The molecule has 8 rings (SSSR count). The van der Waals surface area contributed by atoms with Crippen molar-refractivity contribution in [3.05, 3.63) is 70.4 Å². The highest BCUT2D eigenvalue weighted by atomic mass is 16.8. The van der Waals surface area contributed by atoms with E-state index in [1.165, 1.54) is 11.1 Å². The topological polar surface area (TPSA) is 91.7 Å². The lowest BCUT2D eigenvalue weighted by Gasteiger charge is -2.58. The number of carbonyl (C=O) groups excluding carboxylic acids is 1. The van der Waals surface area contributed by atoms with Crippen molar-refractivity contribution in [2.75, 3.05) is 29.8 Å². The number of aliphatic imine (C=N–C) groups is 1. The van der Waals surface area contributed by atoms with Crippen molar-refractivity contribution in [3.8, 4) is 0 Å². The first kappa shape index (κ1) is 21.1. The lowest BCUT2D eigenvalue weighted by molar-refractivity contribution is -0.132. The zero-order valence-corrected chi connectivity index (χ0v) is 19.8. The van der Waals surface area contributed by atoms with Gasteiger partial charge in [-0.2, -0.15) is 0 Å². The molecule has 2 aromatic rings. The highest BCUT2D eigenvalue weighted by Crippen LogP contribution is 2.66. The number of benzene rings is 2. The van der Waals surface area contributed by atoms with Crippen LogP contribution in [0, 0.1) is 17.0 Å². The van der Waals surface area contributed by atoms with Gasteiger partial charge < -0.3 is 20.1 Å². The first-order valence-electron chi connectivity index (χ1n) is 12.9. The molecule has 8 nitrogen and oxygen atoms in total. The minimum Gasteiger partial charge on any atom is -0.733 e. The number of amides is 1. The Bertz CT molecular complexity index is 1350. The van der Waals surface area contributed by atoms with Gasteiger partial charge in [-0.3, -0.25) is 19.9 Å². The van der Waals surface area contributed by atoms with Gasteiger partial charge in [0.05, 0.1) is 36.5 Å². The van der Waals surface area contributed by atoms with E-state index in [1.54, 1.807) is 24.4 Å². The molecule has 2 bridgehead atoms. The van der Waals surface area contributed by atoms with E-state index < -0.39 is 0 Å². The Morgan fingerprint density at radius 3 is 3.06 bits per heavy atom. The molecule has 5 unspecified atom stereocenters. The average molecular weight is 484 g/mol. The summed E-state index contributed by atoms with van der Waals surface area (Å²) in [6.45, 7) is 2.69. The Balaban J connectivity index is 1.24. The van der Waals surface area contributed by atoms with Crippen LogP contribution in [-0.2, 0) is 14.9 Å². The first-order valence-corrected chi connectivity index (χ1v) is 12.9. The van der Waals surface area contributed by atoms with E-state index in [1.807, 2.05) is 12.1 Å². The number of anilines is 2. The fraction of sp³-hybridized carbons (Fsp3) is 0.429. The summed E-state index contributed by atoms with van der Waals surface area (Å²) in [5.41, 5.74) is 5.46. The van der Waals surface area contributed by atoms with E-state index in [9.17, 15) is 15.2 Å². The molecule has 36 heavy (non-hydrogen) atoms. The summed E-state index contributed by atoms with van der Waals surface area (Å²) >= 11 is 0. The fourth-order valence-electron chi connectivity index (χ4n) is 8.49. The van der Waals surface area contributed by atoms with Crippen LogP contribution in [-0.4, -0.2) is 60.1 Å². The standard InChI is InChI=1S/C28H27N4O4/c33-25-13-23-26-20-12-24-28(7-8-30(24)15-17(20)6-9-36-23)21-11-18(4-5-22(21)31(25)27(26)28)29-14-16-2-1-3-19(10-16)32(34)35/h1-6,10-11,14,20,23-24,26-27,34H,7-9,12-13,15H2/q-1/t20?,23?,24-,26?,27?,28?/m0/s1. The Morgan fingerprint density at radius 2 is 2.17 bits per heavy atom. The second kappa shape index (κ2) is 7.26. The number of nitrogens with zero attached hydrogens (tertiary/aromatic N) is 4. The molecule has 1 amide bonds. The van der Waals surface area contributed by atoms with Gasteiger partial charge in [0.1, 0.15) is 0 Å². The maximum absolute atomic E-state index is 13.6. The number of piperidine rings is 2. The number of hydrogen-bond donors (Lipinski definition) is 1. The third kappa shape index (κ3) is 2.62. The summed E-state index contributed by atoms with van der Waals surface area (Å²) in [5, 5.41) is 20.3. The van der Waals surface area contributed by atoms with Gasteiger partial charge in [0, 0.05) is 35.8 Å². The van der Waals surface area contributed by atoms with E-state index in [2.05, 4.69) is 28.0 Å². The van der Waals surface area contributed by atoms with Gasteiger partial charge in [-0.1, -0.05) is 23.8 Å². The van der Waals surface area contributed by atoms with Gasteiger partial charge >= 0.3 is 0 Å². The summed E-state index contributed by atoms with van der Waals surface area (Å²) in [6.07, 6.45) is 6.65. The number of hydrogen-bond acceptors (Lipinski definition) is 7. The predicted molar refractivity (Wildman–Crippen MR) is 135 cm³/mol. The van der Waals surface area contributed by atoms with E-state index in [0.29, 0.717) is 30.9 Å². The molecule has 0 radical (unpaired) electrons. The zero-order valence-electron chi connectivity index (χ0n) is 19.8. The van der Waals surface area contributed by atoms with Crippen LogP contribution in [0.15, 0.2) is 59.1 Å². The van der Waals surface area contributed by atoms with Crippen LogP contribution in [0.25, 0.3) is 0 Å². The SMILES string of the molecule is O=C1CC2OCC=C3CN4CCC56c7cc(N=Cc8cccc(N([O-])O)c8)ccc7N1C5C2C3C[C@H]46. The number of rotatable bonds is 3. The van der Waals surface area contributed by atoms with Crippen LogP contribution >= 0.6 is 0 Å². The molecule has 4 fully saturated rings. The molecule has 0 aromatic heterocycles. The van der Waals surface area contributed by atoms with Crippen LogP contribution in [0.3, 0.4) is 0 Å². The van der Waals surface area contributed by atoms with Crippen molar-refractivity contribution in [2.45, 2.75) is 42.9 Å². The molecule has 2 aromatic carbocycles. The van der Waals surface area contributed by atoms with Crippen molar-refractivity contribution in [3.63, 3.8) is 0 Å². The van der Waals surface area contributed by atoms with Gasteiger partial charge in [-0.25, -0.2) is 0 Å². The largest absolute Gasteiger partial charge is 0.733 e. The van der Waals surface area contributed by atoms with Crippen LogP contribution in [0.2, 0.25) is 0 Å². The molecule has 6 aliphatic rings. The number of ether oxygens (including phenoxy) is 1. The fourth-order valence-corrected chi connectivity index (χ4v) is 8.49. The smallest absolute Gasteiger partial charge is 0.229 e. The summed E-state index contributed by atoms with van der Waals surface area (Å²) in [4.78, 5) is 23.1. The average Bonchev–Trinajstić information content (AvgIpc) is 3.35. The Labute approximate surface area is 209 Å². The minimum absolute atomic E-state index is 0.00587. The third-order valence-electron chi connectivity index (χ3n) is 9.75. The zero-order chi connectivity index (χ0) is 24.2. The van der Waals surface area contributed by atoms with Crippen molar-refractivity contribution >= 4 is 29.2 Å². The molecule has 6 atom stereocenters. The molecular weight excluding hydrogens is 456 g/mol. The Kier molecular flexibility index (Phi) is 4.25. The predicted octanol–water partition coefficient (Wildman–Crippen LogP) is 3.54. The molecule has 1 N–H and O–H groups in total. The van der Waals surface area contributed by atoms with E-state index in [4.69, 9.17) is 9.73 Å². The second-order valence-electron chi connectivity index (χ2n) is 11.1. The van der Waals surface area contributed by atoms with Crippen LogP contribution in [0.4, 0.5) is 17.1 Å². The monoisotopic (exact) mass is 483 g/mol. The molecule has 1 aliphatic carbocycles. The number of fused-ring (bicyclic) bond motifs is 2. The quantitative estimate of drug-likeness (QED) is 0.408. The van der Waals surface area contributed by atoms with Crippen molar-refractivity contribution in [1.29, 1.82) is 0 Å². The Hall–Kier alpha value is -3.04. The molecule has 3 saturated heterocycles. The highest BCUT2D eigenvalue weighted by Gasteiger charge is 2.71. The maximum Gasteiger partial charge on any atom is 0.229 e. The van der Waals surface area contributed by atoms with Crippen LogP contribution in [0.5, 0.6) is 0 Å². The van der Waals surface area contributed by atoms with E-state index in [0.717, 1.165) is 42.9 Å². The lowest BCUT2D eigenvalue weighted by Crippen LogP contribution is -2.69. The van der Waals surface area contributed by atoms with Crippen LogP contribution in [0.1, 0.15) is 30.4 Å². The first-order chi connectivity index (χ1) is 17.5. The summed E-state index contributed by atoms with van der Waals surface area (Å²) < 4.78 is 6.32. The molecule has 8 heteroatoms. The molecule has 5 aliphatic heterocycles. The number of carbonyl (C=O) groups is 1. The van der Waals surface area contributed by atoms with Gasteiger partial charge in [-0.15, -0.1) is 0 Å². The highest BCUT2D eigenvalue weighted by molar-refractivity contribution is 5.99. The van der Waals surface area contributed by atoms with Crippen molar-refractivity contribution < 1.29 is 14.7 Å². The normalized spacial score (nSPS) is 35.6. The van der Waals surface area contributed by atoms with E-state index >= 15 is 0 Å². The maximum atomic E-state index is 13.6. The molecular formula is C28H27N4O4-. The van der Waals surface area contributed by atoms with Crippen molar-refractivity contribution in [2.24, 2.45) is 16.8 Å². The second-order valence-corrected chi connectivity index (χ2v) is 11.1. The Morgan fingerprint density at radius 1 is 1.25 bits per heavy atom.